The van der Waals surface area contributed by atoms with Crippen molar-refractivity contribution in [3.8, 4) is 0 Å². The van der Waals surface area contributed by atoms with Gasteiger partial charge in [-0.05, 0) is 36.4 Å². The van der Waals surface area contributed by atoms with Gasteiger partial charge in [0.25, 0.3) is 5.91 Å². The van der Waals surface area contributed by atoms with Gasteiger partial charge in [0.15, 0.2) is 5.76 Å². The second kappa shape index (κ2) is 8.87. The SMILES string of the molecule is O=C(CCN1c2ccccc2Sc2ccccc21)NCCNC(=O)c1ccco1. The Morgan fingerprint density at radius 2 is 1.52 bits per heavy atom. The third kappa shape index (κ3) is 4.46. The number of anilines is 2. The molecule has 0 aliphatic carbocycles. The van der Waals surface area contributed by atoms with Crippen molar-refractivity contribution in [2.75, 3.05) is 24.5 Å². The van der Waals surface area contributed by atoms with E-state index in [4.69, 9.17) is 4.42 Å². The first-order chi connectivity index (χ1) is 14.2. The van der Waals surface area contributed by atoms with Crippen molar-refractivity contribution in [3.05, 3.63) is 72.7 Å². The summed E-state index contributed by atoms with van der Waals surface area (Å²) in [5.41, 5.74) is 2.24. The molecule has 29 heavy (non-hydrogen) atoms. The maximum atomic E-state index is 12.3. The highest BCUT2D eigenvalue weighted by atomic mass is 32.2. The minimum atomic E-state index is -0.289. The van der Waals surface area contributed by atoms with Gasteiger partial charge < -0.3 is 20.0 Å². The van der Waals surface area contributed by atoms with E-state index in [1.807, 2.05) is 24.3 Å². The van der Waals surface area contributed by atoms with Crippen LogP contribution in [0, 0.1) is 0 Å². The van der Waals surface area contributed by atoms with Crippen LogP contribution in [-0.2, 0) is 4.79 Å². The lowest BCUT2D eigenvalue weighted by Gasteiger charge is -2.32. The van der Waals surface area contributed by atoms with Crippen molar-refractivity contribution in [2.24, 2.45) is 0 Å². The average molecular weight is 407 g/mol. The van der Waals surface area contributed by atoms with Gasteiger partial charge in [-0.25, -0.2) is 0 Å². The van der Waals surface area contributed by atoms with Crippen molar-refractivity contribution in [1.82, 2.24) is 10.6 Å². The van der Waals surface area contributed by atoms with Crippen LogP contribution in [-0.4, -0.2) is 31.4 Å². The summed E-state index contributed by atoms with van der Waals surface area (Å²) < 4.78 is 5.03. The van der Waals surface area contributed by atoms with Gasteiger partial charge in [0, 0.05) is 35.8 Å². The third-order valence-corrected chi connectivity index (χ3v) is 5.70. The molecular formula is C22H21N3O3S. The summed E-state index contributed by atoms with van der Waals surface area (Å²) in [6.07, 6.45) is 1.81. The highest BCUT2D eigenvalue weighted by Crippen LogP contribution is 2.47. The van der Waals surface area contributed by atoms with Crippen molar-refractivity contribution < 1.29 is 14.0 Å². The van der Waals surface area contributed by atoms with Crippen molar-refractivity contribution in [1.29, 1.82) is 0 Å². The molecule has 148 valence electrons. The number of rotatable bonds is 7. The van der Waals surface area contributed by atoms with E-state index >= 15 is 0 Å². The summed E-state index contributed by atoms with van der Waals surface area (Å²) in [5.74, 6) is -0.0784. The van der Waals surface area contributed by atoms with Gasteiger partial charge in [-0.1, -0.05) is 36.0 Å². The van der Waals surface area contributed by atoms with Crippen LogP contribution in [0.1, 0.15) is 17.0 Å². The van der Waals surface area contributed by atoms with Crippen molar-refractivity contribution >= 4 is 35.0 Å². The number of hydrogen-bond donors (Lipinski definition) is 2. The largest absolute Gasteiger partial charge is 0.459 e. The Morgan fingerprint density at radius 3 is 2.17 bits per heavy atom. The van der Waals surface area contributed by atoms with Crippen LogP contribution in [0.4, 0.5) is 11.4 Å². The lowest BCUT2D eigenvalue weighted by atomic mass is 10.2. The van der Waals surface area contributed by atoms with Gasteiger partial charge in [-0.15, -0.1) is 0 Å². The van der Waals surface area contributed by atoms with Crippen LogP contribution in [0.15, 0.2) is 81.1 Å². The number of amides is 2. The molecule has 3 aromatic rings. The third-order valence-electron chi connectivity index (χ3n) is 4.57. The lowest BCUT2D eigenvalue weighted by molar-refractivity contribution is -0.120. The topological polar surface area (TPSA) is 74.6 Å². The van der Waals surface area contributed by atoms with Crippen LogP contribution in [0.2, 0.25) is 0 Å². The molecule has 0 bridgehead atoms. The summed E-state index contributed by atoms with van der Waals surface area (Å²) in [6.45, 7) is 1.30. The van der Waals surface area contributed by atoms with Crippen LogP contribution in [0.3, 0.4) is 0 Å². The number of nitrogens with one attached hydrogen (secondary N) is 2. The molecule has 0 radical (unpaired) electrons. The van der Waals surface area contributed by atoms with E-state index in [2.05, 4.69) is 39.8 Å². The summed E-state index contributed by atoms with van der Waals surface area (Å²) in [4.78, 5) is 28.7. The number of para-hydroxylation sites is 2. The molecule has 0 spiro atoms. The predicted octanol–water partition coefficient (Wildman–Crippen LogP) is 3.82. The number of hydrogen-bond acceptors (Lipinski definition) is 5. The molecule has 1 aliphatic rings. The average Bonchev–Trinajstić information content (AvgIpc) is 3.29. The molecule has 2 aromatic carbocycles. The monoisotopic (exact) mass is 407 g/mol. The van der Waals surface area contributed by atoms with E-state index in [-0.39, 0.29) is 17.6 Å². The summed E-state index contributed by atoms with van der Waals surface area (Å²) in [5, 5.41) is 5.57. The number of benzene rings is 2. The minimum Gasteiger partial charge on any atom is -0.459 e. The summed E-state index contributed by atoms with van der Waals surface area (Å²) in [6, 6.07) is 19.7. The normalized spacial score (nSPS) is 12.1. The first kappa shape index (κ1) is 19.1. The predicted molar refractivity (Wildman–Crippen MR) is 113 cm³/mol. The number of fused-ring (bicyclic) bond motifs is 2. The maximum Gasteiger partial charge on any atom is 0.287 e. The van der Waals surface area contributed by atoms with Crippen LogP contribution < -0.4 is 15.5 Å². The zero-order chi connectivity index (χ0) is 20.1. The Balaban J connectivity index is 1.30. The standard InChI is InChI=1S/C22H21N3O3S/c26-21(23-12-13-24-22(27)18-8-5-15-28-18)11-14-25-16-6-1-3-9-19(16)29-20-10-4-2-7-17(20)25/h1-10,15H,11-14H2,(H,23,26)(H,24,27). The Bertz CT molecular complexity index is 959. The molecule has 1 aliphatic heterocycles. The zero-order valence-electron chi connectivity index (χ0n) is 15.8. The summed E-state index contributed by atoms with van der Waals surface area (Å²) in [7, 11) is 0. The number of carbonyl (C=O) groups is 2. The van der Waals surface area contributed by atoms with E-state index in [0.29, 0.717) is 26.1 Å². The second-order valence-electron chi connectivity index (χ2n) is 6.52. The molecule has 7 heteroatoms. The van der Waals surface area contributed by atoms with Crippen molar-refractivity contribution in [3.63, 3.8) is 0 Å². The molecule has 0 atom stereocenters. The second-order valence-corrected chi connectivity index (χ2v) is 7.61. The molecule has 4 rings (SSSR count). The van der Waals surface area contributed by atoms with E-state index < -0.39 is 0 Å². The lowest BCUT2D eigenvalue weighted by Crippen LogP contribution is -2.36. The number of nitrogens with zero attached hydrogens (tertiary/aromatic N) is 1. The molecule has 1 aromatic heterocycles. The van der Waals surface area contributed by atoms with E-state index in [1.54, 1.807) is 23.9 Å². The molecule has 2 N–H and O–H groups in total. The van der Waals surface area contributed by atoms with Gasteiger partial charge in [0.05, 0.1) is 17.6 Å². The molecule has 0 saturated heterocycles. The van der Waals surface area contributed by atoms with Gasteiger partial charge >= 0.3 is 0 Å². The zero-order valence-corrected chi connectivity index (χ0v) is 16.6. The molecule has 0 unspecified atom stereocenters. The fourth-order valence-electron chi connectivity index (χ4n) is 3.20. The molecule has 6 nitrogen and oxygen atoms in total. The van der Waals surface area contributed by atoms with Gasteiger partial charge in [0.1, 0.15) is 0 Å². The Hall–Kier alpha value is -3.19. The minimum absolute atomic E-state index is 0.0505. The highest BCUT2D eigenvalue weighted by molar-refractivity contribution is 7.99. The molecule has 0 fully saturated rings. The first-order valence-corrected chi connectivity index (χ1v) is 10.3. The van der Waals surface area contributed by atoms with Crippen LogP contribution >= 0.6 is 11.8 Å². The Labute approximate surface area is 173 Å². The van der Waals surface area contributed by atoms with E-state index in [0.717, 1.165) is 11.4 Å². The van der Waals surface area contributed by atoms with Gasteiger partial charge in [0.2, 0.25) is 5.91 Å². The quantitative estimate of drug-likeness (QED) is 0.583. The first-order valence-electron chi connectivity index (χ1n) is 9.44. The van der Waals surface area contributed by atoms with E-state index in [9.17, 15) is 9.59 Å². The van der Waals surface area contributed by atoms with E-state index in [1.165, 1.54) is 16.1 Å². The summed E-state index contributed by atoms with van der Waals surface area (Å²) >= 11 is 1.75. The Morgan fingerprint density at radius 1 is 0.862 bits per heavy atom. The molecule has 0 saturated carbocycles. The van der Waals surface area contributed by atoms with Crippen LogP contribution in [0.5, 0.6) is 0 Å². The Kier molecular flexibility index (Phi) is 5.86. The molecule has 2 heterocycles. The van der Waals surface area contributed by atoms with Gasteiger partial charge in [-0.2, -0.15) is 0 Å². The highest BCUT2D eigenvalue weighted by Gasteiger charge is 2.23. The van der Waals surface area contributed by atoms with Gasteiger partial charge in [-0.3, -0.25) is 9.59 Å². The number of furan rings is 1. The smallest absolute Gasteiger partial charge is 0.287 e. The van der Waals surface area contributed by atoms with Crippen molar-refractivity contribution in [2.45, 2.75) is 16.2 Å². The molecule has 2 amide bonds. The van der Waals surface area contributed by atoms with Crippen LogP contribution in [0.25, 0.3) is 0 Å². The number of carbonyl (C=O) groups excluding carboxylic acids is 2. The fraction of sp³-hybridized carbons (Fsp3) is 0.182. The molecular weight excluding hydrogens is 386 g/mol. The fourth-order valence-corrected chi connectivity index (χ4v) is 4.29. The maximum absolute atomic E-state index is 12.3.